The summed E-state index contributed by atoms with van der Waals surface area (Å²) in [6.45, 7) is 0.442. The van der Waals surface area contributed by atoms with Crippen LogP contribution < -0.4 is 0 Å². The maximum atomic E-state index is 13.0. The molecule has 0 atom stereocenters. The Morgan fingerprint density at radius 2 is 2.17 bits per heavy atom. The minimum Gasteiger partial charge on any atom is -0.477 e. The molecule has 0 unspecified atom stereocenters. The van der Waals surface area contributed by atoms with Crippen LogP contribution in [0.2, 0.25) is 5.02 Å². The van der Waals surface area contributed by atoms with Crippen LogP contribution in [0.15, 0.2) is 36.5 Å². The summed E-state index contributed by atoms with van der Waals surface area (Å²) in [7, 11) is 0. The SMILES string of the molecule is O=C(O)c1cc(Cl)cn1CCc1cccc(F)c1. The molecule has 94 valence electrons. The van der Waals surface area contributed by atoms with Crippen LogP contribution in [0, 0.1) is 5.82 Å². The van der Waals surface area contributed by atoms with Gasteiger partial charge >= 0.3 is 5.97 Å². The molecule has 0 aliphatic carbocycles. The van der Waals surface area contributed by atoms with E-state index in [4.69, 9.17) is 16.7 Å². The third-order valence-electron chi connectivity index (χ3n) is 2.61. The van der Waals surface area contributed by atoms with Crippen molar-refractivity contribution in [1.29, 1.82) is 0 Å². The van der Waals surface area contributed by atoms with Crippen molar-refractivity contribution in [3.05, 3.63) is 58.6 Å². The van der Waals surface area contributed by atoms with Gasteiger partial charge in [-0.3, -0.25) is 0 Å². The average molecular weight is 268 g/mol. The van der Waals surface area contributed by atoms with Crippen LogP contribution in [0.1, 0.15) is 16.1 Å². The second-order valence-corrected chi connectivity index (χ2v) is 4.36. The van der Waals surface area contributed by atoms with E-state index in [0.717, 1.165) is 5.56 Å². The first-order chi connectivity index (χ1) is 8.56. The number of rotatable bonds is 4. The Balaban J connectivity index is 2.13. The molecule has 0 radical (unpaired) electrons. The molecule has 0 aliphatic heterocycles. The summed E-state index contributed by atoms with van der Waals surface area (Å²) in [4.78, 5) is 11.0. The van der Waals surface area contributed by atoms with Crippen LogP contribution in [0.25, 0.3) is 0 Å². The van der Waals surface area contributed by atoms with Crippen molar-refractivity contribution in [2.75, 3.05) is 0 Å². The van der Waals surface area contributed by atoms with Gasteiger partial charge in [0.1, 0.15) is 11.5 Å². The van der Waals surface area contributed by atoms with E-state index in [1.54, 1.807) is 22.9 Å². The Morgan fingerprint density at radius 3 is 2.83 bits per heavy atom. The molecule has 3 nitrogen and oxygen atoms in total. The monoisotopic (exact) mass is 267 g/mol. The summed E-state index contributed by atoms with van der Waals surface area (Å²) in [6.07, 6.45) is 2.10. The minimum absolute atomic E-state index is 0.136. The smallest absolute Gasteiger partial charge is 0.352 e. The van der Waals surface area contributed by atoms with Gasteiger partial charge in [0.05, 0.1) is 5.02 Å². The predicted molar refractivity (Wildman–Crippen MR) is 66.5 cm³/mol. The molecule has 2 rings (SSSR count). The quantitative estimate of drug-likeness (QED) is 0.924. The van der Waals surface area contributed by atoms with Crippen molar-refractivity contribution in [2.45, 2.75) is 13.0 Å². The van der Waals surface area contributed by atoms with Gasteiger partial charge in [0.25, 0.3) is 0 Å². The summed E-state index contributed by atoms with van der Waals surface area (Å²) < 4.78 is 14.5. The summed E-state index contributed by atoms with van der Waals surface area (Å²) in [5, 5.41) is 9.36. The number of benzene rings is 1. The topological polar surface area (TPSA) is 42.2 Å². The molecule has 0 spiro atoms. The third kappa shape index (κ3) is 2.90. The molecule has 0 bridgehead atoms. The summed E-state index contributed by atoms with van der Waals surface area (Å²) >= 11 is 5.77. The van der Waals surface area contributed by atoms with Gasteiger partial charge in [0, 0.05) is 12.7 Å². The fourth-order valence-electron chi connectivity index (χ4n) is 1.78. The molecule has 1 heterocycles. The molecule has 18 heavy (non-hydrogen) atoms. The molecule has 1 N–H and O–H groups in total. The number of carboxylic acid groups (broad SMARTS) is 1. The molecule has 2 aromatic rings. The van der Waals surface area contributed by atoms with Gasteiger partial charge in [-0.25, -0.2) is 9.18 Å². The van der Waals surface area contributed by atoms with Crippen LogP contribution in [0.5, 0.6) is 0 Å². The van der Waals surface area contributed by atoms with Crippen molar-refractivity contribution in [3.63, 3.8) is 0 Å². The zero-order valence-electron chi connectivity index (χ0n) is 9.44. The molecular weight excluding hydrogens is 257 g/mol. The van der Waals surface area contributed by atoms with E-state index in [0.29, 0.717) is 18.0 Å². The summed E-state index contributed by atoms with van der Waals surface area (Å²) in [6, 6.07) is 7.64. The van der Waals surface area contributed by atoms with E-state index in [2.05, 4.69) is 0 Å². The second kappa shape index (κ2) is 5.23. The van der Waals surface area contributed by atoms with Crippen LogP contribution in [-0.2, 0) is 13.0 Å². The predicted octanol–water partition coefficient (Wildman–Crippen LogP) is 3.22. The Bertz CT molecular complexity index is 580. The van der Waals surface area contributed by atoms with Crippen LogP contribution >= 0.6 is 11.6 Å². The number of nitrogens with zero attached hydrogens (tertiary/aromatic N) is 1. The van der Waals surface area contributed by atoms with Gasteiger partial charge in [-0.1, -0.05) is 23.7 Å². The van der Waals surface area contributed by atoms with Gasteiger partial charge in [-0.05, 0) is 30.2 Å². The zero-order chi connectivity index (χ0) is 13.1. The number of carbonyl (C=O) groups is 1. The van der Waals surface area contributed by atoms with Gasteiger partial charge < -0.3 is 9.67 Å². The normalized spacial score (nSPS) is 10.6. The van der Waals surface area contributed by atoms with Crippen molar-refractivity contribution in [3.8, 4) is 0 Å². The number of hydrogen-bond donors (Lipinski definition) is 1. The highest BCUT2D eigenvalue weighted by Gasteiger charge is 2.11. The zero-order valence-corrected chi connectivity index (χ0v) is 10.2. The molecular formula is C13H11ClFNO2. The van der Waals surface area contributed by atoms with E-state index in [-0.39, 0.29) is 11.5 Å². The highest BCUT2D eigenvalue weighted by atomic mass is 35.5. The summed E-state index contributed by atoms with van der Waals surface area (Å²) in [5.74, 6) is -1.32. The lowest BCUT2D eigenvalue weighted by Crippen LogP contribution is -2.09. The highest BCUT2D eigenvalue weighted by molar-refractivity contribution is 6.30. The van der Waals surface area contributed by atoms with Crippen molar-refractivity contribution in [2.24, 2.45) is 0 Å². The fraction of sp³-hybridized carbons (Fsp3) is 0.154. The van der Waals surface area contributed by atoms with E-state index >= 15 is 0 Å². The molecule has 0 saturated heterocycles. The Kier molecular flexibility index (Phi) is 3.67. The van der Waals surface area contributed by atoms with E-state index in [9.17, 15) is 9.18 Å². The molecule has 5 heteroatoms. The molecule has 0 saturated carbocycles. The van der Waals surface area contributed by atoms with E-state index in [1.165, 1.54) is 18.2 Å². The molecule has 1 aromatic heterocycles. The summed E-state index contributed by atoms with van der Waals surface area (Å²) in [5.41, 5.74) is 0.951. The first-order valence-corrected chi connectivity index (χ1v) is 5.77. The lowest BCUT2D eigenvalue weighted by atomic mass is 10.1. The number of halogens is 2. The number of aryl methyl sites for hydroxylation is 2. The minimum atomic E-state index is -1.03. The van der Waals surface area contributed by atoms with Gasteiger partial charge in [0.2, 0.25) is 0 Å². The Hall–Kier alpha value is -1.81. The van der Waals surface area contributed by atoms with E-state index < -0.39 is 5.97 Å². The van der Waals surface area contributed by atoms with Crippen LogP contribution in [0.3, 0.4) is 0 Å². The van der Waals surface area contributed by atoms with Crippen LogP contribution in [0.4, 0.5) is 4.39 Å². The van der Waals surface area contributed by atoms with Crippen molar-refractivity contribution >= 4 is 17.6 Å². The largest absolute Gasteiger partial charge is 0.477 e. The molecule has 0 amide bonds. The third-order valence-corrected chi connectivity index (χ3v) is 2.82. The number of carboxylic acids is 1. The lowest BCUT2D eigenvalue weighted by Gasteiger charge is -2.06. The average Bonchev–Trinajstić information content (AvgIpc) is 2.68. The highest BCUT2D eigenvalue weighted by Crippen LogP contribution is 2.15. The standard InChI is InChI=1S/C13H11ClFNO2/c14-10-7-12(13(17)18)16(8-10)5-4-9-2-1-3-11(15)6-9/h1-3,6-8H,4-5H2,(H,17,18). The van der Waals surface area contributed by atoms with Gasteiger partial charge in [-0.2, -0.15) is 0 Å². The number of hydrogen-bond acceptors (Lipinski definition) is 1. The first kappa shape index (κ1) is 12.6. The molecule has 0 fully saturated rings. The number of aromatic nitrogens is 1. The van der Waals surface area contributed by atoms with Crippen molar-refractivity contribution < 1.29 is 14.3 Å². The second-order valence-electron chi connectivity index (χ2n) is 3.92. The number of aromatic carboxylic acids is 1. The maximum Gasteiger partial charge on any atom is 0.352 e. The first-order valence-electron chi connectivity index (χ1n) is 5.39. The molecule has 0 aliphatic rings. The van der Waals surface area contributed by atoms with Gasteiger partial charge in [0.15, 0.2) is 0 Å². The maximum absolute atomic E-state index is 13.0. The Morgan fingerprint density at radius 1 is 1.39 bits per heavy atom. The van der Waals surface area contributed by atoms with Crippen molar-refractivity contribution in [1.82, 2.24) is 4.57 Å². The Labute approximate surface area is 108 Å². The van der Waals surface area contributed by atoms with Crippen LogP contribution in [-0.4, -0.2) is 15.6 Å². The van der Waals surface area contributed by atoms with E-state index in [1.807, 2.05) is 0 Å². The van der Waals surface area contributed by atoms with Gasteiger partial charge in [-0.15, -0.1) is 0 Å². The molecule has 1 aromatic carbocycles. The lowest BCUT2D eigenvalue weighted by molar-refractivity contribution is 0.0685. The fourth-order valence-corrected chi connectivity index (χ4v) is 2.00.